The number of hydrogen-bond acceptors (Lipinski definition) is 3. The van der Waals surface area contributed by atoms with Crippen LogP contribution in [0.5, 0.6) is 0 Å². The average molecular weight is 322 g/mol. The fraction of sp³-hybridized carbons (Fsp3) is 0.500. The van der Waals surface area contributed by atoms with E-state index in [2.05, 4.69) is 11.6 Å². The van der Waals surface area contributed by atoms with Crippen molar-refractivity contribution in [2.45, 2.75) is 43.4 Å². The lowest BCUT2D eigenvalue weighted by molar-refractivity contribution is -0.121. The molecule has 1 fully saturated rings. The molecule has 114 valence electrons. The number of benzene rings is 1. The number of amides is 1. The van der Waals surface area contributed by atoms with Gasteiger partial charge in [-0.1, -0.05) is 36.5 Å². The van der Waals surface area contributed by atoms with Crippen LogP contribution in [0, 0.1) is 0 Å². The van der Waals surface area contributed by atoms with E-state index in [-0.39, 0.29) is 5.91 Å². The summed E-state index contributed by atoms with van der Waals surface area (Å²) in [4.78, 5) is 12.5. The third kappa shape index (κ3) is 5.00. The zero-order valence-electron chi connectivity index (χ0n) is 12.3. The van der Waals surface area contributed by atoms with E-state index >= 15 is 0 Å². The van der Waals surface area contributed by atoms with Gasteiger partial charge in [-0.15, -0.1) is 0 Å². The summed E-state index contributed by atoms with van der Waals surface area (Å²) in [5.41, 5.74) is 7.39. The first kappa shape index (κ1) is 16.3. The van der Waals surface area contributed by atoms with Gasteiger partial charge in [0.05, 0.1) is 6.42 Å². The van der Waals surface area contributed by atoms with Crippen molar-refractivity contribution in [1.82, 2.24) is 5.32 Å². The molecular formula is C16H22N2OS2. The first-order valence-corrected chi connectivity index (χ1v) is 8.99. The van der Waals surface area contributed by atoms with E-state index in [1.807, 2.05) is 36.0 Å². The number of nitrogens with one attached hydrogen (secondary N) is 1. The molecule has 0 heterocycles. The Kier molecular flexibility index (Phi) is 6.06. The van der Waals surface area contributed by atoms with Crippen LogP contribution < -0.4 is 11.1 Å². The van der Waals surface area contributed by atoms with Gasteiger partial charge < -0.3 is 11.1 Å². The van der Waals surface area contributed by atoms with Crippen LogP contribution in [-0.4, -0.2) is 28.4 Å². The summed E-state index contributed by atoms with van der Waals surface area (Å²) in [7, 11) is 0. The molecule has 3 nitrogen and oxygen atoms in total. The van der Waals surface area contributed by atoms with Gasteiger partial charge in [-0.2, -0.15) is 11.8 Å². The fourth-order valence-corrected chi connectivity index (χ4v) is 3.57. The number of carbonyl (C=O) groups excluding carboxylic acids is 1. The number of carbonyl (C=O) groups is 1. The first-order valence-electron chi connectivity index (χ1n) is 7.29. The molecule has 0 spiro atoms. The van der Waals surface area contributed by atoms with Gasteiger partial charge in [0.25, 0.3) is 0 Å². The third-order valence-electron chi connectivity index (χ3n) is 3.98. The Balaban J connectivity index is 1.80. The van der Waals surface area contributed by atoms with Crippen molar-refractivity contribution in [3.63, 3.8) is 0 Å². The second kappa shape index (κ2) is 7.80. The van der Waals surface area contributed by atoms with E-state index in [1.165, 1.54) is 12.8 Å². The Bertz CT molecular complexity index is 494. The Labute approximate surface area is 136 Å². The van der Waals surface area contributed by atoms with Crippen LogP contribution in [0.1, 0.15) is 36.8 Å². The van der Waals surface area contributed by atoms with Crippen molar-refractivity contribution in [1.29, 1.82) is 0 Å². The van der Waals surface area contributed by atoms with Gasteiger partial charge in [0.15, 0.2) is 0 Å². The second-order valence-corrected chi connectivity index (χ2v) is 7.09. The van der Waals surface area contributed by atoms with Crippen molar-refractivity contribution >= 4 is 34.9 Å². The summed E-state index contributed by atoms with van der Waals surface area (Å²) in [6.45, 7) is 0. The molecule has 1 aromatic rings. The van der Waals surface area contributed by atoms with E-state index in [0.717, 1.165) is 29.2 Å². The Hall–Kier alpha value is -1.07. The highest BCUT2D eigenvalue weighted by Crippen LogP contribution is 2.26. The monoisotopic (exact) mass is 322 g/mol. The molecule has 1 aromatic carbocycles. The summed E-state index contributed by atoms with van der Waals surface area (Å²) >= 11 is 6.86. The van der Waals surface area contributed by atoms with Crippen LogP contribution in [-0.2, 0) is 11.2 Å². The van der Waals surface area contributed by atoms with Crippen molar-refractivity contribution in [2.75, 3.05) is 6.26 Å². The number of rotatable bonds is 5. The minimum atomic E-state index is 0.102. The SMILES string of the molecule is CSC1CCC(NC(=O)Cc2ccc(C(N)=S)cc2)CC1. The standard InChI is InChI=1S/C16H22N2OS2/c1-21-14-8-6-13(7-9-14)18-15(19)10-11-2-4-12(5-3-11)16(17)20/h2-5,13-14H,6-10H2,1H3,(H2,17,20)(H,18,19). The topological polar surface area (TPSA) is 55.1 Å². The Morgan fingerprint density at radius 3 is 2.43 bits per heavy atom. The minimum absolute atomic E-state index is 0.102. The van der Waals surface area contributed by atoms with Crippen LogP contribution >= 0.6 is 24.0 Å². The minimum Gasteiger partial charge on any atom is -0.389 e. The maximum atomic E-state index is 12.1. The number of thiocarbonyl (C=S) groups is 1. The van der Waals surface area contributed by atoms with E-state index in [0.29, 0.717) is 17.5 Å². The summed E-state index contributed by atoms with van der Waals surface area (Å²) in [6.07, 6.45) is 7.18. The van der Waals surface area contributed by atoms with Crippen LogP contribution in [0.15, 0.2) is 24.3 Å². The summed E-state index contributed by atoms with van der Waals surface area (Å²) < 4.78 is 0. The second-order valence-electron chi connectivity index (χ2n) is 5.51. The molecule has 0 radical (unpaired) electrons. The molecule has 21 heavy (non-hydrogen) atoms. The van der Waals surface area contributed by atoms with Crippen LogP contribution in [0.4, 0.5) is 0 Å². The van der Waals surface area contributed by atoms with Gasteiger partial charge in [0, 0.05) is 16.9 Å². The van der Waals surface area contributed by atoms with Gasteiger partial charge in [0.1, 0.15) is 4.99 Å². The molecule has 0 bridgehead atoms. The van der Waals surface area contributed by atoms with E-state index in [9.17, 15) is 4.79 Å². The fourth-order valence-electron chi connectivity index (χ4n) is 2.69. The average Bonchev–Trinajstić information content (AvgIpc) is 2.48. The zero-order chi connectivity index (χ0) is 15.2. The van der Waals surface area contributed by atoms with Gasteiger partial charge in [-0.05, 0) is 37.5 Å². The van der Waals surface area contributed by atoms with E-state index in [1.54, 1.807) is 0 Å². The van der Waals surface area contributed by atoms with Crippen LogP contribution in [0.3, 0.4) is 0 Å². The third-order valence-corrected chi connectivity index (χ3v) is 5.35. The molecule has 1 aliphatic carbocycles. The maximum absolute atomic E-state index is 12.1. The molecular weight excluding hydrogens is 300 g/mol. The van der Waals surface area contributed by atoms with E-state index < -0.39 is 0 Å². The molecule has 0 saturated heterocycles. The molecule has 2 rings (SSSR count). The number of thioether (sulfide) groups is 1. The highest BCUT2D eigenvalue weighted by molar-refractivity contribution is 7.99. The molecule has 0 unspecified atom stereocenters. The lowest BCUT2D eigenvalue weighted by Gasteiger charge is -2.28. The van der Waals surface area contributed by atoms with Crippen molar-refractivity contribution < 1.29 is 4.79 Å². The quantitative estimate of drug-likeness (QED) is 0.818. The van der Waals surface area contributed by atoms with E-state index in [4.69, 9.17) is 18.0 Å². The van der Waals surface area contributed by atoms with Gasteiger partial charge in [0.2, 0.25) is 5.91 Å². The molecule has 0 atom stereocenters. The van der Waals surface area contributed by atoms with Crippen molar-refractivity contribution in [3.05, 3.63) is 35.4 Å². The molecule has 3 N–H and O–H groups in total. The van der Waals surface area contributed by atoms with Gasteiger partial charge in [-0.25, -0.2) is 0 Å². The highest BCUT2D eigenvalue weighted by Gasteiger charge is 2.21. The number of nitrogens with two attached hydrogens (primary N) is 1. The Morgan fingerprint density at radius 1 is 1.29 bits per heavy atom. The lowest BCUT2D eigenvalue weighted by Crippen LogP contribution is -2.38. The van der Waals surface area contributed by atoms with Crippen LogP contribution in [0.25, 0.3) is 0 Å². The smallest absolute Gasteiger partial charge is 0.224 e. The van der Waals surface area contributed by atoms with Crippen molar-refractivity contribution in [2.24, 2.45) is 5.73 Å². The highest BCUT2D eigenvalue weighted by atomic mass is 32.2. The first-order chi connectivity index (χ1) is 10.1. The molecule has 5 heteroatoms. The normalized spacial score (nSPS) is 21.8. The maximum Gasteiger partial charge on any atom is 0.224 e. The zero-order valence-corrected chi connectivity index (χ0v) is 13.9. The molecule has 1 amide bonds. The predicted octanol–water partition coefficient (Wildman–Crippen LogP) is 2.65. The largest absolute Gasteiger partial charge is 0.389 e. The van der Waals surface area contributed by atoms with Gasteiger partial charge in [-0.3, -0.25) is 4.79 Å². The summed E-state index contributed by atoms with van der Waals surface area (Å²) in [5, 5.41) is 3.92. The van der Waals surface area contributed by atoms with Crippen molar-refractivity contribution in [3.8, 4) is 0 Å². The molecule has 0 aliphatic heterocycles. The lowest BCUT2D eigenvalue weighted by atomic mass is 9.94. The van der Waals surface area contributed by atoms with Gasteiger partial charge >= 0.3 is 0 Å². The predicted molar refractivity (Wildman–Crippen MR) is 93.7 cm³/mol. The Morgan fingerprint density at radius 2 is 1.90 bits per heavy atom. The molecule has 1 aliphatic rings. The number of hydrogen-bond donors (Lipinski definition) is 2. The summed E-state index contributed by atoms with van der Waals surface area (Å²) in [6, 6.07) is 7.91. The molecule has 0 aromatic heterocycles. The summed E-state index contributed by atoms with van der Waals surface area (Å²) in [5.74, 6) is 0.102. The molecule has 1 saturated carbocycles. The van der Waals surface area contributed by atoms with Crippen LogP contribution in [0.2, 0.25) is 0 Å².